The Bertz CT molecular complexity index is 1430. The van der Waals surface area contributed by atoms with Crippen LogP contribution in [0.2, 0.25) is 0 Å². The summed E-state index contributed by atoms with van der Waals surface area (Å²) in [4.78, 5) is 25.2. The molecule has 0 atom stereocenters. The average Bonchev–Trinajstić information content (AvgIpc) is 2.94. The molecule has 0 spiro atoms. The topological polar surface area (TPSA) is 106 Å². The number of urea groups is 1. The fourth-order valence-corrected chi connectivity index (χ4v) is 3.76. The minimum atomic E-state index is -0.818. The quantitative estimate of drug-likeness (QED) is 0.182. The van der Waals surface area contributed by atoms with Crippen LogP contribution in [-0.4, -0.2) is 31.3 Å². The van der Waals surface area contributed by atoms with Gasteiger partial charge in [0.2, 0.25) is 0 Å². The Morgan fingerprint density at radius 1 is 0.744 bits per heavy atom. The van der Waals surface area contributed by atoms with Gasteiger partial charge in [-0.1, -0.05) is 24.3 Å². The Kier molecular flexibility index (Phi) is 8.25. The van der Waals surface area contributed by atoms with E-state index < -0.39 is 29.7 Å². The standard InChI is InChI=1S/C29H24F2N2O6/c1-37-26-16-22(11-13-24(26)34)33-29(36)32-21-12-14-25(23(15-21)28(35)38-2)39-27(17-3-7-19(30)8-4-17)18-5-9-20(31)10-6-18/h3-16,27,34H,1-2H3,(H2,32,33,36). The molecule has 8 nitrogen and oxygen atoms in total. The summed E-state index contributed by atoms with van der Waals surface area (Å²) in [5.41, 5.74) is 1.74. The Labute approximate surface area is 222 Å². The predicted molar refractivity (Wildman–Crippen MR) is 140 cm³/mol. The molecule has 4 aromatic rings. The number of ether oxygens (including phenoxy) is 3. The Morgan fingerprint density at radius 2 is 1.28 bits per heavy atom. The number of hydrogen-bond donors (Lipinski definition) is 3. The Morgan fingerprint density at radius 3 is 1.82 bits per heavy atom. The van der Waals surface area contributed by atoms with Gasteiger partial charge in [0.05, 0.1) is 14.2 Å². The molecule has 39 heavy (non-hydrogen) atoms. The average molecular weight is 535 g/mol. The van der Waals surface area contributed by atoms with Gasteiger partial charge in [0, 0.05) is 17.4 Å². The number of halogens is 2. The summed E-state index contributed by atoms with van der Waals surface area (Å²) >= 11 is 0. The molecule has 0 radical (unpaired) electrons. The molecule has 0 saturated carbocycles. The van der Waals surface area contributed by atoms with Crippen molar-refractivity contribution >= 4 is 23.4 Å². The largest absolute Gasteiger partial charge is 0.504 e. The molecule has 4 rings (SSSR count). The van der Waals surface area contributed by atoms with Gasteiger partial charge in [0.1, 0.15) is 29.1 Å². The molecule has 3 N–H and O–H groups in total. The third-order valence-electron chi connectivity index (χ3n) is 5.67. The number of benzene rings is 4. The van der Waals surface area contributed by atoms with Crippen LogP contribution in [0.4, 0.5) is 25.0 Å². The number of amides is 2. The molecule has 0 aliphatic carbocycles. The maximum absolute atomic E-state index is 13.6. The van der Waals surface area contributed by atoms with E-state index in [0.717, 1.165) is 0 Å². The number of esters is 1. The summed E-state index contributed by atoms with van der Waals surface area (Å²) in [6.07, 6.45) is -0.818. The third-order valence-corrected chi connectivity index (χ3v) is 5.67. The van der Waals surface area contributed by atoms with Crippen molar-refractivity contribution in [3.05, 3.63) is 113 Å². The highest BCUT2D eigenvalue weighted by atomic mass is 19.1. The van der Waals surface area contributed by atoms with Crippen LogP contribution >= 0.6 is 0 Å². The van der Waals surface area contributed by atoms with Gasteiger partial charge in [-0.15, -0.1) is 0 Å². The SMILES string of the molecule is COC(=O)c1cc(NC(=O)Nc2ccc(O)c(OC)c2)ccc1OC(c1ccc(F)cc1)c1ccc(F)cc1. The van der Waals surface area contributed by atoms with E-state index in [1.807, 2.05) is 0 Å². The molecule has 200 valence electrons. The Hall–Kier alpha value is -5.12. The van der Waals surface area contributed by atoms with Crippen molar-refractivity contribution in [2.24, 2.45) is 0 Å². The number of carbonyl (C=O) groups is 2. The van der Waals surface area contributed by atoms with Crippen LogP contribution in [-0.2, 0) is 4.74 Å². The monoisotopic (exact) mass is 534 g/mol. The van der Waals surface area contributed by atoms with E-state index in [0.29, 0.717) is 16.8 Å². The number of nitrogens with one attached hydrogen (secondary N) is 2. The maximum atomic E-state index is 13.6. The van der Waals surface area contributed by atoms with Crippen LogP contribution in [0, 0.1) is 11.6 Å². The first kappa shape index (κ1) is 26.9. The highest BCUT2D eigenvalue weighted by molar-refractivity contribution is 6.01. The van der Waals surface area contributed by atoms with Gasteiger partial charge in [0.25, 0.3) is 0 Å². The second-order valence-corrected chi connectivity index (χ2v) is 8.27. The lowest BCUT2D eigenvalue weighted by Crippen LogP contribution is -2.20. The van der Waals surface area contributed by atoms with E-state index in [1.165, 1.54) is 99.1 Å². The zero-order valence-corrected chi connectivity index (χ0v) is 20.9. The minimum Gasteiger partial charge on any atom is -0.504 e. The van der Waals surface area contributed by atoms with Crippen LogP contribution in [0.5, 0.6) is 17.2 Å². The van der Waals surface area contributed by atoms with Crippen molar-refractivity contribution in [2.45, 2.75) is 6.10 Å². The van der Waals surface area contributed by atoms with Crippen LogP contribution in [0.15, 0.2) is 84.9 Å². The van der Waals surface area contributed by atoms with Crippen molar-refractivity contribution in [3.63, 3.8) is 0 Å². The molecule has 10 heteroatoms. The number of rotatable bonds is 8. The predicted octanol–water partition coefficient (Wildman–Crippen LogP) is 6.28. The van der Waals surface area contributed by atoms with Crippen molar-refractivity contribution in [1.29, 1.82) is 0 Å². The molecule has 0 aromatic heterocycles. The van der Waals surface area contributed by atoms with Crippen LogP contribution < -0.4 is 20.1 Å². The summed E-state index contributed by atoms with van der Waals surface area (Å²) in [5, 5.41) is 14.9. The second kappa shape index (κ2) is 12.0. The van der Waals surface area contributed by atoms with Gasteiger partial charge < -0.3 is 30.0 Å². The number of aromatic hydroxyl groups is 1. The molecule has 2 amide bonds. The van der Waals surface area contributed by atoms with E-state index in [4.69, 9.17) is 14.2 Å². The lowest BCUT2D eigenvalue weighted by Gasteiger charge is -2.22. The third kappa shape index (κ3) is 6.61. The van der Waals surface area contributed by atoms with Crippen LogP contribution in [0.3, 0.4) is 0 Å². The molecule has 0 unspecified atom stereocenters. The summed E-state index contributed by atoms with van der Waals surface area (Å²) < 4.78 is 43.3. The normalized spacial score (nSPS) is 10.6. The van der Waals surface area contributed by atoms with Gasteiger partial charge >= 0.3 is 12.0 Å². The summed E-state index contributed by atoms with van der Waals surface area (Å²) in [5.74, 6) is -1.39. The summed E-state index contributed by atoms with van der Waals surface area (Å²) in [6, 6.07) is 19.2. The molecular weight excluding hydrogens is 510 g/mol. The van der Waals surface area contributed by atoms with Gasteiger partial charge in [-0.25, -0.2) is 18.4 Å². The van der Waals surface area contributed by atoms with E-state index in [9.17, 15) is 23.5 Å². The molecule has 0 aliphatic rings. The van der Waals surface area contributed by atoms with Crippen LogP contribution in [0.1, 0.15) is 27.6 Å². The van der Waals surface area contributed by atoms with Crippen molar-refractivity contribution in [3.8, 4) is 17.2 Å². The van der Waals surface area contributed by atoms with E-state index >= 15 is 0 Å². The molecular formula is C29H24F2N2O6. The number of methoxy groups -OCH3 is 2. The first-order valence-corrected chi connectivity index (χ1v) is 11.6. The van der Waals surface area contributed by atoms with Gasteiger partial charge in [0.15, 0.2) is 11.5 Å². The fraction of sp³-hybridized carbons (Fsp3) is 0.103. The Balaban J connectivity index is 1.61. The van der Waals surface area contributed by atoms with Crippen LogP contribution in [0.25, 0.3) is 0 Å². The summed E-state index contributed by atoms with van der Waals surface area (Å²) in [7, 11) is 2.59. The number of hydrogen-bond acceptors (Lipinski definition) is 6. The van der Waals surface area contributed by atoms with Crippen molar-refractivity contribution in [2.75, 3.05) is 24.9 Å². The highest BCUT2D eigenvalue weighted by Crippen LogP contribution is 2.33. The number of phenols is 1. The van der Waals surface area contributed by atoms with Gasteiger partial charge in [-0.05, 0) is 65.7 Å². The lowest BCUT2D eigenvalue weighted by molar-refractivity contribution is 0.0594. The van der Waals surface area contributed by atoms with Gasteiger partial charge in [-0.3, -0.25) is 0 Å². The van der Waals surface area contributed by atoms with Crippen molar-refractivity contribution < 1.29 is 37.7 Å². The molecule has 0 saturated heterocycles. The van der Waals surface area contributed by atoms with E-state index in [2.05, 4.69) is 10.6 Å². The number of anilines is 2. The second-order valence-electron chi connectivity index (χ2n) is 8.27. The maximum Gasteiger partial charge on any atom is 0.341 e. The smallest absolute Gasteiger partial charge is 0.341 e. The first-order chi connectivity index (χ1) is 18.8. The number of phenolic OH excluding ortho intramolecular Hbond substituents is 1. The highest BCUT2D eigenvalue weighted by Gasteiger charge is 2.22. The lowest BCUT2D eigenvalue weighted by atomic mass is 10.0. The first-order valence-electron chi connectivity index (χ1n) is 11.6. The molecule has 0 aliphatic heterocycles. The molecule has 0 heterocycles. The zero-order chi connectivity index (χ0) is 27.9. The fourth-order valence-electron chi connectivity index (χ4n) is 3.76. The minimum absolute atomic E-state index is 0.0100. The van der Waals surface area contributed by atoms with E-state index in [1.54, 1.807) is 0 Å². The van der Waals surface area contributed by atoms with Crippen molar-refractivity contribution in [1.82, 2.24) is 0 Å². The molecule has 0 fully saturated rings. The molecule has 4 aromatic carbocycles. The summed E-state index contributed by atoms with van der Waals surface area (Å²) in [6.45, 7) is 0. The molecule has 0 bridgehead atoms. The number of carbonyl (C=O) groups excluding carboxylic acids is 2. The van der Waals surface area contributed by atoms with Gasteiger partial charge in [-0.2, -0.15) is 0 Å². The zero-order valence-electron chi connectivity index (χ0n) is 20.9. The van der Waals surface area contributed by atoms with E-state index in [-0.39, 0.29) is 28.5 Å².